The second kappa shape index (κ2) is 8.07. The molecule has 2 aliphatic rings. The number of benzene rings is 1. The van der Waals surface area contributed by atoms with Crippen molar-refractivity contribution in [3.8, 4) is 0 Å². The van der Waals surface area contributed by atoms with Crippen molar-refractivity contribution in [3.05, 3.63) is 29.8 Å². The fourth-order valence-corrected chi connectivity index (χ4v) is 4.97. The van der Waals surface area contributed by atoms with E-state index in [2.05, 4.69) is 15.6 Å². The first-order chi connectivity index (χ1) is 12.0. The maximum Gasteiger partial charge on any atom is 0.216 e. The standard InChI is InChI=1S/C17H25N3O3S2/c1-23-17-16(18-10-13-4-3-9-24-13)20-15(11-19-17)12-5-7-14(8-6-12)25(2,21)22/h5-8,13,15-16,18,20H,3-4,9-11H2,1-2H3. The topological polar surface area (TPSA) is 79.8 Å². The van der Waals surface area contributed by atoms with E-state index in [9.17, 15) is 8.42 Å². The highest BCUT2D eigenvalue weighted by atomic mass is 32.2. The third-order valence-electron chi connectivity index (χ3n) is 4.54. The lowest BCUT2D eigenvalue weighted by Gasteiger charge is -2.31. The summed E-state index contributed by atoms with van der Waals surface area (Å²) in [7, 11) is -1.53. The van der Waals surface area contributed by atoms with Crippen molar-refractivity contribution in [1.82, 2.24) is 10.6 Å². The maximum atomic E-state index is 11.6. The van der Waals surface area contributed by atoms with Gasteiger partial charge >= 0.3 is 0 Å². The summed E-state index contributed by atoms with van der Waals surface area (Å²) in [4.78, 5) is 4.88. The SMILES string of the molecule is COC1=NCC(c2ccc(S(C)(=O)=O)cc2)NC1NCC1CCCS1. The summed E-state index contributed by atoms with van der Waals surface area (Å²) in [6.45, 7) is 1.49. The molecular formula is C17H25N3O3S2. The average molecular weight is 384 g/mol. The first kappa shape index (κ1) is 18.7. The Morgan fingerprint density at radius 2 is 2.12 bits per heavy atom. The number of nitrogens with one attached hydrogen (secondary N) is 2. The van der Waals surface area contributed by atoms with Gasteiger partial charge in [-0.25, -0.2) is 8.42 Å². The van der Waals surface area contributed by atoms with Crippen LogP contribution in [-0.2, 0) is 14.6 Å². The molecule has 138 valence electrons. The van der Waals surface area contributed by atoms with E-state index in [0.29, 0.717) is 22.6 Å². The van der Waals surface area contributed by atoms with Gasteiger partial charge in [-0.05, 0) is 36.3 Å². The van der Waals surface area contributed by atoms with Crippen LogP contribution in [0, 0.1) is 0 Å². The van der Waals surface area contributed by atoms with Crippen LogP contribution in [0.3, 0.4) is 0 Å². The molecule has 0 saturated carbocycles. The van der Waals surface area contributed by atoms with Crippen molar-refractivity contribution < 1.29 is 13.2 Å². The highest BCUT2D eigenvalue weighted by molar-refractivity contribution is 8.00. The van der Waals surface area contributed by atoms with Gasteiger partial charge in [0, 0.05) is 18.1 Å². The van der Waals surface area contributed by atoms with Gasteiger partial charge < -0.3 is 4.74 Å². The van der Waals surface area contributed by atoms with Gasteiger partial charge in [-0.2, -0.15) is 11.8 Å². The van der Waals surface area contributed by atoms with Crippen LogP contribution in [0.5, 0.6) is 0 Å². The quantitative estimate of drug-likeness (QED) is 0.804. The number of ether oxygens (including phenoxy) is 1. The van der Waals surface area contributed by atoms with Gasteiger partial charge in [0.05, 0.1) is 24.6 Å². The minimum atomic E-state index is -3.17. The molecule has 3 atom stereocenters. The molecule has 0 spiro atoms. The normalized spacial score (nSPS) is 27.1. The first-order valence-corrected chi connectivity index (χ1v) is 11.4. The molecule has 1 saturated heterocycles. The second-order valence-electron chi connectivity index (χ2n) is 6.42. The molecule has 3 rings (SSSR count). The minimum absolute atomic E-state index is 0.0289. The molecular weight excluding hydrogens is 358 g/mol. The third-order valence-corrected chi connectivity index (χ3v) is 7.06. The molecule has 1 aromatic carbocycles. The Bertz CT molecular complexity index is 713. The molecule has 8 heteroatoms. The lowest BCUT2D eigenvalue weighted by Crippen LogP contribution is -2.54. The van der Waals surface area contributed by atoms with Gasteiger partial charge in [-0.1, -0.05) is 12.1 Å². The van der Waals surface area contributed by atoms with E-state index in [4.69, 9.17) is 4.74 Å². The third kappa shape index (κ3) is 4.75. The predicted octanol–water partition coefficient (Wildman–Crippen LogP) is 1.59. The number of aliphatic imine (C=N–C) groups is 1. The van der Waals surface area contributed by atoms with Crippen LogP contribution in [0.1, 0.15) is 24.4 Å². The van der Waals surface area contributed by atoms with Crippen molar-refractivity contribution in [2.75, 3.05) is 32.2 Å². The molecule has 2 heterocycles. The molecule has 3 unspecified atom stereocenters. The fraction of sp³-hybridized carbons (Fsp3) is 0.588. The van der Waals surface area contributed by atoms with Gasteiger partial charge in [0.15, 0.2) is 9.84 Å². The van der Waals surface area contributed by atoms with Crippen molar-refractivity contribution in [2.24, 2.45) is 4.99 Å². The minimum Gasteiger partial charge on any atom is -0.482 e. The Morgan fingerprint density at radius 3 is 2.72 bits per heavy atom. The number of nitrogens with zero attached hydrogens (tertiary/aromatic N) is 1. The Hall–Kier alpha value is -1.09. The Labute approximate surface area is 153 Å². The summed E-state index contributed by atoms with van der Waals surface area (Å²) >= 11 is 2.01. The lowest BCUT2D eigenvalue weighted by atomic mass is 10.1. The van der Waals surface area contributed by atoms with Crippen LogP contribution in [0.25, 0.3) is 0 Å². The predicted molar refractivity (Wildman–Crippen MR) is 102 cm³/mol. The summed E-state index contributed by atoms with van der Waals surface area (Å²) in [5.41, 5.74) is 1.02. The summed E-state index contributed by atoms with van der Waals surface area (Å²) in [5, 5.41) is 7.69. The summed E-state index contributed by atoms with van der Waals surface area (Å²) in [6.07, 6.45) is 3.63. The number of hydrogen-bond acceptors (Lipinski definition) is 7. The van der Waals surface area contributed by atoms with Crippen molar-refractivity contribution in [1.29, 1.82) is 0 Å². The van der Waals surface area contributed by atoms with E-state index in [1.165, 1.54) is 24.9 Å². The molecule has 1 fully saturated rings. The molecule has 6 nitrogen and oxygen atoms in total. The smallest absolute Gasteiger partial charge is 0.216 e. The molecule has 0 aliphatic carbocycles. The maximum absolute atomic E-state index is 11.6. The van der Waals surface area contributed by atoms with Crippen LogP contribution >= 0.6 is 11.8 Å². The van der Waals surface area contributed by atoms with E-state index in [1.807, 2.05) is 23.9 Å². The Balaban J connectivity index is 1.67. The number of methoxy groups -OCH3 is 1. The second-order valence-corrected chi connectivity index (χ2v) is 9.84. The van der Waals surface area contributed by atoms with Gasteiger partial charge in [-0.3, -0.25) is 15.6 Å². The van der Waals surface area contributed by atoms with Crippen LogP contribution in [0.4, 0.5) is 0 Å². The molecule has 25 heavy (non-hydrogen) atoms. The van der Waals surface area contributed by atoms with Gasteiger partial charge in [-0.15, -0.1) is 0 Å². The van der Waals surface area contributed by atoms with E-state index in [0.717, 1.165) is 12.1 Å². The van der Waals surface area contributed by atoms with Crippen LogP contribution < -0.4 is 10.6 Å². The zero-order valence-electron chi connectivity index (χ0n) is 14.6. The molecule has 0 bridgehead atoms. The van der Waals surface area contributed by atoms with E-state index >= 15 is 0 Å². The van der Waals surface area contributed by atoms with Crippen LogP contribution in [-0.4, -0.2) is 57.9 Å². The van der Waals surface area contributed by atoms with Crippen molar-refractivity contribution in [2.45, 2.75) is 35.2 Å². The number of hydrogen-bond donors (Lipinski definition) is 2. The van der Waals surface area contributed by atoms with E-state index < -0.39 is 9.84 Å². The van der Waals surface area contributed by atoms with Crippen molar-refractivity contribution in [3.63, 3.8) is 0 Å². The lowest BCUT2D eigenvalue weighted by molar-refractivity contribution is 0.316. The Kier molecular flexibility index (Phi) is 6.04. The van der Waals surface area contributed by atoms with Gasteiger partial charge in [0.2, 0.25) is 5.90 Å². The average Bonchev–Trinajstić information content (AvgIpc) is 3.12. The van der Waals surface area contributed by atoms with Gasteiger partial charge in [0.25, 0.3) is 0 Å². The van der Waals surface area contributed by atoms with Crippen LogP contribution in [0.2, 0.25) is 0 Å². The fourth-order valence-electron chi connectivity index (χ4n) is 3.13. The van der Waals surface area contributed by atoms with E-state index in [1.54, 1.807) is 19.2 Å². The summed E-state index contributed by atoms with van der Waals surface area (Å²) < 4.78 is 28.6. The summed E-state index contributed by atoms with van der Waals surface area (Å²) in [6, 6.07) is 7.04. The number of sulfone groups is 1. The zero-order valence-corrected chi connectivity index (χ0v) is 16.2. The molecule has 0 aromatic heterocycles. The highest BCUT2D eigenvalue weighted by Gasteiger charge is 2.28. The summed E-state index contributed by atoms with van der Waals surface area (Å²) in [5.74, 6) is 1.91. The number of rotatable bonds is 5. The molecule has 2 N–H and O–H groups in total. The molecule has 0 radical (unpaired) electrons. The molecule has 0 amide bonds. The zero-order chi connectivity index (χ0) is 17.9. The highest BCUT2D eigenvalue weighted by Crippen LogP contribution is 2.26. The number of thioether (sulfide) groups is 1. The van der Waals surface area contributed by atoms with E-state index in [-0.39, 0.29) is 12.2 Å². The Morgan fingerprint density at radius 1 is 1.36 bits per heavy atom. The molecule has 1 aromatic rings. The van der Waals surface area contributed by atoms with Gasteiger partial charge in [0.1, 0.15) is 6.17 Å². The molecule has 2 aliphatic heterocycles. The van der Waals surface area contributed by atoms with Crippen LogP contribution in [0.15, 0.2) is 34.2 Å². The van der Waals surface area contributed by atoms with Crippen molar-refractivity contribution >= 4 is 27.5 Å². The largest absolute Gasteiger partial charge is 0.482 e. The monoisotopic (exact) mass is 383 g/mol. The first-order valence-electron chi connectivity index (χ1n) is 8.47.